The molecule has 0 aliphatic carbocycles. The fourth-order valence-electron chi connectivity index (χ4n) is 3.96. The number of thiophene rings is 1. The molecule has 0 saturated carbocycles. The molecule has 2 aliphatic heterocycles. The van der Waals surface area contributed by atoms with Crippen LogP contribution in [-0.4, -0.2) is 34.3 Å². The van der Waals surface area contributed by atoms with E-state index >= 15 is 0 Å². The lowest BCUT2D eigenvalue weighted by Gasteiger charge is -2.17. The first-order valence-corrected chi connectivity index (χ1v) is 10.8. The maximum absolute atomic E-state index is 11.6. The van der Waals surface area contributed by atoms with E-state index in [0.717, 1.165) is 34.7 Å². The number of halogens is 1. The zero-order chi connectivity index (χ0) is 20.7. The molecule has 2 atom stereocenters. The summed E-state index contributed by atoms with van der Waals surface area (Å²) >= 11 is 7.90. The molecule has 2 aromatic rings. The van der Waals surface area contributed by atoms with Crippen LogP contribution >= 0.6 is 22.9 Å². The van der Waals surface area contributed by atoms with E-state index in [4.69, 9.17) is 16.6 Å². The molecule has 0 saturated heterocycles. The molecule has 29 heavy (non-hydrogen) atoms. The van der Waals surface area contributed by atoms with Crippen LogP contribution in [0.2, 0.25) is 5.02 Å². The van der Waals surface area contributed by atoms with Gasteiger partial charge >= 0.3 is 5.97 Å². The van der Waals surface area contributed by atoms with E-state index in [0.29, 0.717) is 11.4 Å². The second kappa shape index (κ2) is 7.84. The van der Waals surface area contributed by atoms with Gasteiger partial charge in [0.05, 0.1) is 17.8 Å². The Morgan fingerprint density at radius 3 is 2.62 bits per heavy atom. The number of carbonyl (C=O) groups is 1. The maximum atomic E-state index is 11.6. The van der Waals surface area contributed by atoms with Gasteiger partial charge in [-0.05, 0) is 51.3 Å². The fourth-order valence-corrected chi connectivity index (χ4v) is 5.45. The van der Waals surface area contributed by atoms with Crippen LogP contribution in [0.1, 0.15) is 58.5 Å². The molecule has 0 amide bonds. The van der Waals surface area contributed by atoms with Crippen molar-refractivity contribution >= 4 is 46.0 Å². The van der Waals surface area contributed by atoms with Gasteiger partial charge in [0.1, 0.15) is 6.04 Å². The smallest absolute Gasteiger partial charge is 0.305 e. The Bertz CT molecular complexity index is 1070. The number of hydrogen-bond acceptors (Lipinski definition) is 5. The predicted octanol–water partition coefficient (Wildman–Crippen LogP) is 5.41. The summed E-state index contributed by atoms with van der Waals surface area (Å²) in [5.74, 6) is -0.735. The molecule has 2 bridgehead atoms. The average Bonchev–Trinajstić information content (AvgIpc) is 2.85. The number of benzene rings is 1. The van der Waals surface area contributed by atoms with E-state index in [1.807, 2.05) is 31.2 Å². The molecule has 1 aromatic heterocycles. The quantitative estimate of drug-likeness (QED) is 0.711. The minimum absolute atomic E-state index is 0.105. The minimum atomic E-state index is -0.893. The van der Waals surface area contributed by atoms with Gasteiger partial charge in [-0.2, -0.15) is 10.2 Å². The van der Waals surface area contributed by atoms with Crippen molar-refractivity contribution in [1.29, 1.82) is 0 Å². The Morgan fingerprint density at radius 2 is 1.93 bits per heavy atom. The van der Waals surface area contributed by atoms with Crippen molar-refractivity contribution in [2.75, 3.05) is 0 Å². The number of aliphatic imine (C=N–C) groups is 1. The van der Waals surface area contributed by atoms with Crippen LogP contribution < -0.4 is 0 Å². The van der Waals surface area contributed by atoms with Gasteiger partial charge in [0, 0.05) is 37.5 Å². The highest BCUT2D eigenvalue weighted by molar-refractivity contribution is 7.12. The van der Waals surface area contributed by atoms with Crippen molar-refractivity contribution in [3.63, 3.8) is 0 Å². The molecular formula is C22H22ClN3O2S. The molecule has 7 heteroatoms. The van der Waals surface area contributed by atoms with Gasteiger partial charge in [-0.25, -0.2) is 0 Å². The number of carboxylic acids is 1. The summed E-state index contributed by atoms with van der Waals surface area (Å²) in [6.07, 6.45) is 1.45. The number of rotatable bonds is 3. The summed E-state index contributed by atoms with van der Waals surface area (Å²) in [4.78, 5) is 19.1. The first-order valence-electron chi connectivity index (χ1n) is 9.61. The number of nitrogens with zero attached hydrogens (tertiary/aromatic N) is 3. The maximum Gasteiger partial charge on any atom is 0.305 e. The third-order valence-corrected chi connectivity index (χ3v) is 7.22. The highest BCUT2D eigenvalue weighted by atomic mass is 35.5. The Kier molecular flexibility index (Phi) is 5.40. The zero-order valence-electron chi connectivity index (χ0n) is 16.6. The van der Waals surface area contributed by atoms with Crippen LogP contribution in [-0.2, 0) is 4.79 Å². The largest absolute Gasteiger partial charge is 0.481 e. The lowest BCUT2D eigenvalue weighted by Crippen LogP contribution is -2.24. The second-order valence-electron chi connectivity index (χ2n) is 7.54. The van der Waals surface area contributed by atoms with Gasteiger partial charge < -0.3 is 5.11 Å². The third-order valence-electron chi connectivity index (χ3n) is 5.65. The van der Waals surface area contributed by atoms with Crippen LogP contribution in [0, 0.1) is 13.8 Å². The highest BCUT2D eigenvalue weighted by Gasteiger charge is 2.32. The Morgan fingerprint density at radius 1 is 1.21 bits per heavy atom. The van der Waals surface area contributed by atoms with Gasteiger partial charge in [0.2, 0.25) is 0 Å². The SMILES string of the molecule is CC1=NN=C2CCC1c1sc(C)c(C)c1/C(c1ccc(Cl)cc1)=N\[C@H]2CC(=O)O. The molecule has 0 radical (unpaired) electrons. The standard InChI is InChI=1S/C22H22ClN3O2S/c1-11-13(3)29-22-16-8-9-17(26-25-12(16)2)18(10-19(27)28)24-21(20(11)22)14-4-6-15(23)7-5-14/h4-7,16,18H,8-10H2,1-3H3,(H,27,28)/b24-21-/t16?,18-/m0/s1. The molecule has 1 aromatic carbocycles. The van der Waals surface area contributed by atoms with Crippen LogP contribution in [0.3, 0.4) is 0 Å². The van der Waals surface area contributed by atoms with Gasteiger partial charge in [0.25, 0.3) is 0 Å². The molecule has 2 aliphatic rings. The molecular weight excluding hydrogens is 406 g/mol. The third kappa shape index (κ3) is 3.79. The predicted molar refractivity (Wildman–Crippen MR) is 119 cm³/mol. The van der Waals surface area contributed by atoms with E-state index in [2.05, 4.69) is 24.1 Å². The number of hydrogen-bond donors (Lipinski definition) is 1. The summed E-state index contributed by atoms with van der Waals surface area (Å²) in [6.45, 7) is 6.25. The fraction of sp³-hybridized carbons (Fsp3) is 0.364. The van der Waals surface area contributed by atoms with E-state index in [9.17, 15) is 9.90 Å². The van der Waals surface area contributed by atoms with Crippen molar-refractivity contribution in [3.05, 3.63) is 55.7 Å². The Hall–Kier alpha value is -2.31. The second-order valence-corrected chi connectivity index (χ2v) is 9.24. The highest BCUT2D eigenvalue weighted by Crippen LogP contribution is 2.40. The van der Waals surface area contributed by atoms with Gasteiger partial charge in [0.15, 0.2) is 0 Å². The molecule has 1 N–H and O–H groups in total. The van der Waals surface area contributed by atoms with Crippen LogP contribution in [0.4, 0.5) is 0 Å². The lowest BCUT2D eigenvalue weighted by atomic mass is 9.89. The topological polar surface area (TPSA) is 74.4 Å². The molecule has 4 rings (SSSR count). The summed E-state index contributed by atoms with van der Waals surface area (Å²) in [5, 5.41) is 19.0. The Labute approximate surface area is 178 Å². The number of carboxylic acid groups (broad SMARTS) is 1. The van der Waals surface area contributed by atoms with E-state index < -0.39 is 12.0 Å². The summed E-state index contributed by atoms with van der Waals surface area (Å²) in [7, 11) is 0. The van der Waals surface area contributed by atoms with E-state index in [1.165, 1.54) is 15.3 Å². The first kappa shape index (κ1) is 20.0. The minimum Gasteiger partial charge on any atom is -0.481 e. The summed E-state index contributed by atoms with van der Waals surface area (Å²) in [6, 6.07) is 7.05. The normalized spacial score (nSPS) is 23.0. The lowest BCUT2D eigenvalue weighted by molar-refractivity contribution is -0.137. The van der Waals surface area contributed by atoms with E-state index in [1.54, 1.807) is 11.3 Å². The van der Waals surface area contributed by atoms with Crippen molar-refractivity contribution in [3.8, 4) is 0 Å². The molecule has 1 unspecified atom stereocenters. The number of aliphatic carboxylic acids is 1. The summed E-state index contributed by atoms with van der Waals surface area (Å²) < 4.78 is 0. The van der Waals surface area contributed by atoms with Crippen molar-refractivity contribution in [2.24, 2.45) is 15.2 Å². The van der Waals surface area contributed by atoms with Crippen LogP contribution in [0.5, 0.6) is 0 Å². The zero-order valence-corrected chi connectivity index (χ0v) is 18.1. The molecule has 0 spiro atoms. The van der Waals surface area contributed by atoms with Crippen LogP contribution in [0.15, 0.2) is 39.5 Å². The van der Waals surface area contributed by atoms with Gasteiger partial charge in [-0.1, -0.05) is 23.7 Å². The van der Waals surface area contributed by atoms with Crippen molar-refractivity contribution < 1.29 is 9.90 Å². The summed E-state index contributed by atoms with van der Waals surface area (Å²) in [5.41, 5.74) is 5.75. The molecule has 150 valence electrons. The molecule has 5 nitrogen and oxygen atoms in total. The number of fused-ring (bicyclic) bond motifs is 5. The monoisotopic (exact) mass is 427 g/mol. The number of aryl methyl sites for hydroxylation is 1. The molecule has 3 heterocycles. The van der Waals surface area contributed by atoms with Gasteiger partial charge in [-0.15, -0.1) is 11.3 Å². The first-order chi connectivity index (χ1) is 13.8. The van der Waals surface area contributed by atoms with Gasteiger partial charge in [-0.3, -0.25) is 9.79 Å². The average molecular weight is 428 g/mol. The van der Waals surface area contributed by atoms with E-state index in [-0.39, 0.29) is 12.3 Å². The van der Waals surface area contributed by atoms with Crippen LogP contribution in [0.25, 0.3) is 0 Å². The van der Waals surface area contributed by atoms with Crippen molar-refractivity contribution in [1.82, 2.24) is 0 Å². The molecule has 0 fully saturated rings. The van der Waals surface area contributed by atoms with Crippen molar-refractivity contribution in [2.45, 2.75) is 52.0 Å². The Balaban J connectivity index is 2.02.